The molecule has 0 spiro atoms. The highest BCUT2D eigenvalue weighted by atomic mass is 16.5. The third kappa shape index (κ3) is 5.64. The third-order valence-electron chi connectivity index (χ3n) is 7.17. The van der Waals surface area contributed by atoms with Crippen molar-refractivity contribution in [2.45, 2.75) is 32.8 Å². The van der Waals surface area contributed by atoms with E-state index in [0.717, 1.165) is 53.9 Å². The second-order valence-electron chi connectivity index (χ2n) is 10.1. The Morgan fingerprint density at radius 2 is 1.73 bits per heavy atom. The van der Waals surface area contributed by atoms with E-state index in [0.29, 0.717) is 17.0 Å². The van der Waals surface area contributed by atoms with Crippen LogP contribution in [-0.4, -0.2) is 38.9 Å². The van der Waals surface area contributed by atoms with Crippen molar-refractivity contribution in [3.8, 4) is 11.4 Å². The Kier molecular flexibility index (Phi) is 7.35. The number of hydrogen-bond donors (Lipinski definition) is 0. The summed E-state index contributed by atoms with van der Waals surface area (Å²) in [7, 11) is 0. The van der Waals surface area contributed by atoms with Crippen LogP contribution in [0.15, 0.2) is 91.1 Å². The van der Waals surface area contributed by atoms with Crippen molar-refractivity contribution in [2.24, 2.45) is 0 Å². The number of anilines is 1. The van der Waals surface area contributed by atoms with Crippen LogP contribution in [-0.2, 0) is 6.61 Å². The first kappa shape index (κ1) is 25.5. The van der Waals surface area contributed by atoms with Gasteiger partial charge in [0.15, 0.2) is 5.78 Å². The fourth-order valence-electron chi connectivity index (χ4n) is 5.00. The molecule has 1 fully saturated rings. The zero-order valence-corrected chi connectivity index (χ0v) is 22.5. The fourth-order valence-corrected chi connectivity index (χ4v) is 5.00. The number of ketones is 1. The highest BCUT2D eigenvalue weighted by Gasteiger charge is 2.17. The quantitative estimate of drug-likeness (QED) is 0.167. The number of fused-ring (bicyclic) bond motifs is 1. The molecule has 2 aromatic heterocycles. The molecule has 6 rings (SSSR count). The van der Waals surface area contributed by atoms with Gasteiger partial charge in [-0.2, -0.15) is 0 Å². The molecule has 0 N–H and O–H groups in total. The minimum Gasteiger partial charge on any atom is -0.486 e. The minimum atomic E-state index is -0.128. The van der Waals surface area contributed by atoms with Gasteiger partial charge in [-0.3, -0.25) is 4.79 Å². The molecule has 5 aromatic rings. The van der Waals surface area contributed by atoms with Crippen LogP contribution in [0.1, 0.15) is 46.4 Å². The van der Waals surface area contributed by atoms with Crippen molar-refractivity contribution in [1.29, 1.82) is 0 Å². The van der Waals surface area contributed by atoms with Gasteiger partial charge in [0.2, 0.25) is 0 Å². The molecule has 1 saturated heterocycles. The first-order chi connectivity index (χ1) is 19.6. The number of carbonyl (C=O) groups is 1. The maximum atomic E-state index is 13.4. The van der Waals surface area contributed by atoms with Gasteiger partial charge in [0, 0.05) is 24.0 Å². The lowest BCUT2D eigenvalue weighted by Crippen LogP contribution is -2.30. The molecule has 0 bridgehead atoms. The topological polar surface area (TPSA) is 73.1 Å². The molecule has 200 valence electrons. The van der Waals surface area contributed by atoms with Gasteiger partial charge in [-0.1, -0.05) is 53.2 Å². The summed E-state index contributed by atoms with van der Waals surface area (Å²) in [5, 5.41) is 9.51. The molecule has 40 heavy (non-hydrogen) atoms. The number of aromatic nitrogens is 4. The summed E-state index contributed by atoms with van der Waals surface area (Å²) in [6.45, 7) is 4.20. The largest absolute Gasteiger partial charge is 0.486 e. The lowest BCUT2D eigenvalue weighted by molar-refractivity contribution is 0.104. The van der Waals surface area contributed by atoms with Crippen molar-refractivity contribution in [3.05, 3.63) is 114 Å². The van der Waals surface area contributed by atoms with Crippen LogP contribution in [0.25, 0.3) is 22.7 Å². The summed E-state index contributed by atoms with van der Waals surface area (Å²) in [5.41, 5.74) is 5.19. The van der Waals surface area contributed by atoms with E-state index >= 15 is 0 Å². The Balaban J connectivity index is 1.21. The molecule has 0 saturated carbocycles. The number of nitrogens with zero attached hydrogens (tertiary/aromatic N) is 5. The van der Waals surface area contributed by atoms with Gasteiger partial charge in [0.25, 0.3) is 0 Å². The predicted molar refractivity (Wildman–Crippen MR) is 158 cm³/mol. The van der Waals surface area contributed by atoms with E-state index in [2.05, 4.69) is 27.3 Å². The Labute approximate surface area is 233 Å². The number of allylic oxidation sites excluding steroid dienone is 1. The molecule has 0 radical (unpaired) electrons. The molecule has 1 aliphatic heterocycles. The van der Waals surface area contributed by atoms with Crippen LogP contribution in [0.4, 0.5) is 5.82 Å². The third-order valence-corrected chi connectivity index (χ3v) is 7.17. The lowest BCUT2D eigenvalue weighted by atomic mass is 10.1. The highest BCUT2D eigenvalue weighted by Crippen LogP contribution is 2.28. The molecule has 7 heteroatoms. The normalized spacial score (nSPS) is 13.7. The lowest BCUT2D eigenvalue weighted by Gasteiger charge is -2.29. The number of carbonyl (C=O) groups excluding carboxylic acids is 1. The number of benzene rings is 3. The van der Waals surface area contributed by atoms with Gasteiger partial charge in [-0.05, 0) is 74.7 Å². The molecular formula is C33H31N5O2. The van der Waals surface area contributed by atoms with E-state index < -0.39 is 0 Å². The van der Waals surface area contributed by atoms with Gasteiger partial charge in [-0.25, -0.2) is 9.67 Å². The molecule has 7 nitrogen and oxygen atoms in total. The SMILES string of the molecule is Cc1ccc(-n2cc(COc3ccccc3C(=O)/C=C/c3cc4ccccc4nc3N3CCCCC3)nn2)cc1. The summed E-state index contributed by atoms with van der Waals surface area (Å²) >= 11 is 0. The molecule has 0 amide bonds. The maximum Gasteiger partial charge on any atom is 0.189 e. The Bertz CT molecular complexity index is 1670. The fraction of sp³-hybridized carbons (Fsp3) is 0.212. The molecule has 0 unspecified atom stereocenters. The molecule has 1 aliphatic rings. The molecule has 0 atom stereocenters. The van der Waals surface area contributed by atoms with Crippen molar-refractivity contribution in [1.82, 2.24) is 20.0 Å². The second-order valence-corrected chi connectivity index (χ2v) is 10.1. The summed E-state index contributed by atoms with van der Waals surface area (Å²) in [5.74, 6) is 1.32. The molecule has 0 aliphatic carbocycles. The summed E-state index contributed by atoms with van der Waals surface area (Å²) in [6, 6.07) is 25.6. The zero-order valence-electron chi connectivity index (χ0n) is 22.5. The van der Waals surface area contributed by atoms with Crippen LogP contribution in [0.3, 0.4) is 0 Å². The second kappa shape index (κ2) is 11.5. The summed E-state index contributed by atoms with van der Waals surface area (Å²) in [4.78, 5) is 20.7. The van der Waals surface area contributed by atoms with E-state index in [4.69, 9.17) is 9.72 Å². The predicted octanol–water partition coefficient (Wildman–Crippen LogP) is 6.59. The minimum absolute atomic E-state index is 0.128. The van der Waals surface area contributed by atoms with E-state index in [1.54, 1.807) is 16.8 Å². The Morgan fingerprint density at radius 3 is 2.58 bits per heavy atom. The van der Waals surface area contributed by atoms with Gasteiger partial charge < -0.3 is 9.64 Å². The van der Waals surface area contributed by atoms with Crippen molar-refractivity contribution in [2.75, 3.05) is 18.0 Å². The molecule has 3 heterocycles. The van der Waals surface area contributed by atoms with Crippen molar-refractivity contribution in [3.63, 3.8) is 0 Å². The Morgan fingerprint density at radius 1 is 0.950 bits per heavy atom. The average Bonchev–Trinajstić information content (AvgIpc) is 3.48. The summed E-state index contributed by atoms with van der Waals surface area (Å²) in [6.07, 6.45) is 8.89. The van der Waals surface area contributed by atoms with Gasteiger partial charge in [-0.15, -0.1) is 5.10 Å². The first-order valence-corrected chi connectivity index (χ1v) is 13.7. The first-order valence-electron chi connectivity index (χ1n) is 13.7. The van der Waals surface area contributed by atoms with Crippen LogP contribution in [0.5, 0.6) is 5.75 Å². The van der Waals surface area contributed by atoms with Gasteiger partial charge >= 0.3 is 0 Å². The number of rotatable bonds is 8. The maximum absolute atomic E-state index is 13.4. The van der Waals surface area contributed by atoms with E-state index in [-0.39, 0.29) is 12.4 Å². The summed E-state index contributed by atoms with van der Waals surface area (Å²) < 4.78 is 7.77. The van der Waals surface area contributed by atoms with Crippen molar-refractivity contribution < 1.29 is 9.53 Å². The van der Waals surface area contributed by atoms with Gasteiger partial charge in [0.1, 0.15) is 23.9 Å². The van der Waals surface area contributed by atoms with Crippen LogP contribution >= 0.6 is 0 Å². The number of ether oxygens (including phenoxy) is 1. The molecule has 3 aromatic carbocycles. The van der Waals surface area contributed by atoms with E-state index in [1.165, 1.54) is 12.0 Å². The average molecular weight is 530 g/mol. The zero-order chi connectivity index (χ0) is 27.3. The smallest absolute Gasteiger partial charge is 0.189 e. The Hall–Kier alpha value is -4.78. The highest BCUT2D eigenvalue weighted by molar-refractivity contribution is 6.09. The van der Waals surface area contributed by atoms with Crippen LogP contribution in [0.2, 0.25) is 0 Å². The van der Waals surface area contributed by atoms with Gasteiger partial charge in [0.05, 0.1) is 23.0 Å². The van der Waals surface area contributed by atoms with Crippen LogP contribution < -0.4 is 9.64 Å². The number of piperidine rings is 1. The van der Waals surface area contributed by atoms with E-state index in [9.17, 15) is 4.79 Å². The number of aryl methyl sites for hydroxylation is 1. The number of para-hydroxylation sites is 2. The van der Waals surface area contributed by atoms with Crippen molar-refractivity contribution >= 4 is 28.6 Å². The van der Waals surface area contributed by atoms with Crippen LogP contribution in [0, 0.1) is 6.92 Å². The number of pyridine rings is 1. The standard InChI is InChI=1S/C33H31N5O2/c1-24-13-16-28(17-14-24)38-22-27(35-36-38)23-40-32-12-6-4-10-29(32)31(39)18-15-26-21-25-9-3-5-11-30(25)34-33(26)37-19-7-2-8-20-37/h3-6,9-18,21-22H,2,7-8,19-20,23H2,1H3/b18-15+. The monoisotopic (exact) mass is 529 g/mol. The number of hydrogen-bond acceptors (Lipinski definition) is 6. The van der Waals surface area contributed by atoms with E-state index in [1.807, 2.05) is 79.9 Å². The molecular weight excluding hydrogens is 498 g/mol.